The third-order valence-electron chi connectivity index (χ3n) is 5.93. The van der Waals surface area contributed by atoms with E-state index in [1.54, 1.807) is 31.2 Å². The molecule has 2 atom stereocenters. The first kappa shape index (κ1) is 28.2. The van der Waals surface area contributed by atoms with Gasteiger partial charge in [-0.15, -0.1) is 0 Å². The fraction of sp³-hybridized carbons (Fsp3) is 0.393. The number of aliphatic hydroxyl groups is 1. The van der Waals surface area contributed by atoms with Crippen LogP contribution in [0.15, 0.2) is 66.7 Å². The highest BCUT2D eigenvalue weighted by Gasteiger charge is 2.39. The van der Waals surface area contributed by atoms with Gasteiger partial charge in [-0.05, 0) is 67.9 Å². The topological polar surface area (TPSA) is 58.6 Å². The van der Waals surface area contributed by atoms with Crippen molar-refractivity contribution in [1.29, 1.82) is 0 Å². The number of aliphatic hydroxyl groups excluding tert-OH is 1. The summed E-state index contributed by atoms with van der Waals surface area (Å²) < 4.78 is 44.4. The van der Waals surface area contributed by atoms with E-state index in [-0.39, 0.29) is 25.2 Å². The lowest BCUT2D eigenvalue weighted by Crippen LogP contribution is -2.39. The number of rotatable bonds is 10. The number of amides is 1. The van der Waals surface area contributed by atoms with Crippen LogP contribution >= 0.6 is 0 Å². The van der Waals surface area contributed by atoms with Gasteiger partial charge in [-0.1, -0.05) is 56.0 Å². The highest BCUT2D eigenvalue weighted by molar-refractivity contribution is 6.01. The second kappa shape index (κ2) is 13.1. The Labute approximate surface area is 205 Å². The van der Waals surface area contributed by atoms with Crippen LogP contribution in [0.5, 0.6) is 0 Å². The van der Waals surface area contributed by atoms with Crippen LogP contribution in [-0.4, -0.2) is 29.8 Å². The summed E-state index contributed by atoms with van der Waals surface area (Å²) in [6, 6.07) is 4.82. The Morgan fingerprint density at radius 1 is 1.37 bits per heavy atom. The van der Waals surface area contributed by atoms with Crippen molar-refractivity contribution in [3.05, 3.63) is 83.4 Å². The fourth-order valence-electron chi connectivity index (χ4n) is 3.84. The molecule has 1 amide bonds. The van der Waals surface area contributed by atoms with Gasteiger partial charge < -0.3 is 15.2 Å². The highest BCUT2D eigenvalue weighted by atomic mass is 19.4. The van der Waals surface area contributed by atoms with Crippen molar-refractivity contribution in [3.63, 3.8) is 0 Å². The summed E-state index contributed by atoms with van der Waals surface area (Å²) in [6.07, 6.45) is 7.02. The summed E-state index contributed by atoms with van der Waals surface area (Å²) in [4.78, 5) is 13.1. The lowest BCUT2D eigenvalue weighted by atomic mass is 9.84. The van der Waals surface area contributed by atoms with Crippen LogP contribution in [0.2, 0.25) is 0 Å². The second-order valence-corrected chi connectivity index (χ2v) is 8.43. The zero-order valence-corrected chi connectivity index (χ0v) is 20.5. The third-order valence-corrected chi connectivity index (χ3v) is 5.93. The summed E-state index contributed by atoms with van der Waals surface area (Å²) in [5.41, 5.74) is 3.83. The Hall–Kier alpha value is -3.06. The molecular weight excluding hydrogens is 455 g/mol. The predicted molar refractivity (Wildman–Crippen MR) is 134 cm³/mol. The average molecular weight is 490 g/mol. The maximum atomic E-state index is 13.1. The summed E-state index contributed by atoms with van der Waals surface area (Å²) in [6.45, 7) is 9.00. The average Bonchev–Trinajstić information content (AvgIpc) is 2.83. The highest BCUT2D eigenvalue weighted by Crippen LogP contribution is 2.40. The van der Waals surface area contributed by atoms with Gasteiger partial charge in [-0.25, -0.2) is 0 Å². The van der Waals surface area contributed by atoms with Gasteiger partial charge in [0, 0.05) is 5.57 Å². The van der Waals surface area contributed by atoms with Gasteiger partial charge in [-0.3, -0.25) is 4.79 Å². The van der Waals surface area contributed by atoms with E-state index in [0.29, 0.717) is 12.0 Å². The van der Waals surface area contributed by atoms with Gasteiger partial charge in [0.25, 0.3) is 5.91 Å². The Morgan fingerprint density at radius 2 is 2.11 bits per heavy atom. The first-order valence-corrected chi connectivity index (χ1v) is 11.7. The molecule has 1 aromatic carbocycles. The van der Waals surface area contributed by atoms with Crippen molar-refractivity contribution in [2.75, 3.05) is 6.61 Å². The Kier molecular flexibility index (Phi) is 10.6. The van der Waals surface area contributed by atoms with Crippen LogP contribution < -0.4 is 5.32 Å². The van der Waals surface area contributed by atoms with Crippen LogP contribution in [0.4, 0.5) is 13.2 Å². The predicted octanol–water partition coefficient (Wildman–Crippen LogP) is 6.63. The zero-order valence-electron chi connectivity index (χ0n) is 20.5. The normalized spacial score (nSPS) is 18.0. The molecular formula is C28H34F3NO3. The molecule has 0 saturated carbocycles. The van der Waals surface area contributed by atoms with Crippen molar-refractivity contribution in [2.45, 2.75) is 58.7 Å². The number of carbonyl (C=O) groups excluding carboxylic acids is 1. The van der Waals surface area contributed by atoms with E-state index in [1.807, 2.05) is 38.1 Å². The standard InChI is InChI=1S/C28H34F3NO3/c1-5-7-9-23(27(34)32-26(18-33)20(4)35-16-6-2)17-22-10-8-11-25(19(22)3)21-12-14-24(15-13-21)28(29,30)31/h6-12,16-17,24,26,33H,4-5,13-15,18H2,1-3H3,(H,32,34)/b9-7+,16-6-,23-17+. The van der Waals surface area contributed by atoms with Gasteiger partial charge in [0.15, 0.2) is 0 Å². The van der Waals surface area contributed by atoms with Crippen molar-refractivity contribution in [1.82, 2.24) is 5.32 Å². The zero-order chi connectivity index (χ0) is 26.0. The minimum absolute atomic E-state index is 0.0209. The molecule has 0 fully saturated rings. The van der Waals surface area contributed by atoms with E-state index in [4.69, 9.17) is 4.74 Å². The molecule has 4 nitrogen and oxygen atoms in total. The van der Waals surface area contributed by atoms with Crippen LogP contribution in [0.1, 0.15) is 56.2 Å². The molecule has 7 heteroatoms. The summed E-state index contributed by atoms with van der Waals surface area (Å²) in [7, 11) is 0. The summed E-state index contributed by atoms with van der Waals surface area (Å²) in [5, 5.41) is 12.4. The Bertz CT molecular complexity index is 1020. The summed E-state index contributed by atoms with van der Waals surface area (Å²) >= 11 is 0. The van der Waals surface area contributed by atoms with Gasteiger partial charge in [0.2, 0.25) is 0 Å². The largest absolute Gasteiger partial charge is 0.468 e. The molecule has 0 radical (unpaired) electrons. The number of benzene rings is 1. The lowest BCUT2D eigenvalue weighted by molar-refractivity contribution is -0.175. The number of alkyl halides is 3. The van der Waals surface area contributed by atoms with Crippen molar-refractivity contribution in [3.8, 4) is 0 Å². The monoisotopic (exact) mass is 489 g/mol. The van der Waals surface area contributed by atoms with E-state index < -0.39 is 24.0 Å². The van der Waals surface area contributed by atoms with Gasteiger partial charge in [-0.2, -0.15) is 13.2 Å². The molecule has 0 bridgehead atoms. The summed E-state index contributed by atoms with van der Waals surface area (Å²) in [5.74, 6) is -1.50. The lowest BCUT2D eigenvalue weighted by Gasteiger charge is -2.25. The quantitative estimate of drug-likeness (QED) is 0.220. The first-order chi connectivity index (χ1) is 16.6. The molecule has 0 heterocycles. The molecule has 190 valence electrons. The molecule has 0 spiro atoms. The molecule has 0 aliphatic heterocycles. The number of nitrogens with one attached hydrogen (secondary N) is 1. The molecule has 2 N–H and O–H groups in total. The Morgan fingerprint density at radius 3 is 2.69 bits per heavy atom. The number of ether oxygens (including phenoxy) is 1. The van der Waals surface area contributed by atoms with Crippen molar-refractivity contribution in [2.24, 2.45) is 5.92 Å². The molecule has 1 aliphatic carbocycles. The number of hydrogen-bond donors (Lipinski definition) is 2. The van der Waals surface area contributed by atoms with E-state index >= 15 is 0 Å². The molecule has 2 rings (SSSR count). The maximum absolute atomic E-state index is 13.1. The molecule has 2 unspecified atom stereocenters. The fourth-order valence-corrected chi connectivity index (χ4v) is 3.84. The minimum Gasteiger partial charge on any atom is -0.468 e. The minimum atomic E-state index is -4.18. The van der Waals surface area contributed by atoms with Crippen molar-refractivity contribution >= 4 is 17.6 Å². The molecule has 35 heavy (non-hydrogen) atoms. The SMILES string of the molecule is C=C(O/C=C\C)C(CO)NC(=O)C(/C=C/CC)=C/c1cccc(C2=CCC(C(F)(F)F)CC2)c1C. The van der Waals surface area contributed by atoms with Crippen molar-refractivity contribution < 1.29 is 27.8 Å². The number of halogens is 3. The van der Waals surface area contributed by atoms with Gasteiger partial charge in [0.1, 0.15) is 11.8 Å². The van der Waals surface area contributed by atoms with E-state index in [9.17, 15) is 23.1 Å². The van der Waals surface area contributed by atoms with Gasteiger partial charge in [0.05, 0.1) is 18.8 Å². The van der Waals surface area contributed by atoms with Crippen LogP contribution in [0.25, 0.3) is 11.6 Å². The van der Waals surface area contributed by atoms with E-state index in [1.165, 1.54) is 6.26 Å². The van der Waals surface area contributed by atoms with Gasteiger partial charge >= 0.3 is 6.18 Å². The van der Waals surface area contributed by atoms with Crippen LogP contribution in [-0.2, 0) is 9.53 Å². The second-order valence-electron chi connectivity index (χ2n) is 8.43. The molecule has 1 aromatic rings. The van der Waals surface area contributed by atoms with E-state index in [2.05, 4.69) is 11.9 Å². The third kappa shape index (κ3) is 7.99. The number of hydrogen-bond acceptors (Lipinski definition) is 3. The first-order valence-electron chi connectivity index (χ1n) is 11.7. The number of carbonyl (C=O) groups is 1. The maximum Gasteiger partial charge on any atom is 0.392 e. The van der Waals surface area contributed by atoms with Crippen LogP contribution in [0, 0.1) is 12.8 Å². The number of allylic oxidation sites excluding steroid dienone is 4. The molecule has 0 aromatic heterocycles. The Balaban J connectivity index is 2.33. The molecule has 1 aliphatic rings. The molecule has 0 saturated heterocycles. The van der Waals surface area contributed by atoms with Crippen LogP contribution in [0.3, 0.4) is 0 Å². The van der Waals surface area contributed by atoms with E-state index in [0.717, 1.165) is 28.7 Å². The smallest absolute Gasteiger partial charge is 0.392 e.